The van der Waals surface area contributed by atoms with E-state index in [4.69, 9.17) is 17.0 Å². The quantitative estimate of drug-likeness (QED) is 0.663. The number of anilines is 1. The van der Waals surface area contributed by atoms with Crippen LogP contribution >= 0.6 is 11.6 Å². The fourth-order valence-electron chi connectivity index (χ4n) is 0.810. The molecule has 0 saturated carbocycles. The molecule has 0 atom stereocenters. The van der Waals surface area contributed by atoms with Crippen molar-refractivity contribution < 1.29 is 0 Å². The van der Waals surface area contributed by atoms with Crippen LogP contribution in [0.1, 0.15) is 5.69 Å². The van der Waals surface area contributed by atoms with Gasteiger partial charge in [0.1, 0.15) is 5.69 Å². The average Bonchev–Trinajstić information content (AvgIpc) is 2.04. The molecule has 0 aliphatic heterocycles. The molecule has 0 unspecified atom stereocenters. The van der Waals surface area contributed by atoms with Gasteiger partial charge < -0.3 is 10.7 Å². The van der Waals surface area contributed by atoms with Crippen LogP contribution in [0.2, 0.25) is 5.02 Å². The first-order chi connectivity index (χ1) is 5.29. The van der Waals surface area contributed by atoms with Crippen molar-refractivity contribution in [2.75, 3.05) is 12.4 Å². The van der Waals surface area contributed by atoms with Gasteiger partial charge in [-0.15, -0.1) is 0 Å². The van der Waals surface area contributed by atoms with Crippen molar-refractivity contribution in [2.24, 2.45) is 0 Å². The molecule has 0 aliphatic carbocycles. The highest BCUT2D eigenvalue weighted by Crippen LogP contribution is 2.21. The lowest BCUT2D eigenvalue weighted by molar-refractivity contribution is 1.28. The van der Waals surface area contributed by atoms with Gasteiger partial charge in [0.25, 0.3) is 0 Å². The first-order valence-electron chi connectivity index (χ1n) is 3.12. The summed E-state index contributed by atoms with van der Waals surface area (Å²) in [7, 11) is 1.75. The van der Waals surface area contributed by atoms with Gasteiger partial charge in [-0.25, -0.2) is 0 Å². The van der Waals surface area contributed by atoms with Gasteiger partial charge in [0, 0.05) is 19.5 Å². The van der Waals surface area contributed by atoms with E-state index in [0.29, 0.717) is 16.4 Å². The minimum Gasteiger partial charge on any atom is -0.385 e. The molecule has 0 amide bonds. The van der Waals surface area contributed by atoms with Gasteiger partial charge >= 0.3 is 0 Å². The molecule has 4 heteroatoms. The molecular formula is C7H8ClN3. The molecular weight excluding hydrogens is 162 g/mol. The summed E-state index contributed by atoms with van der Waals surface area (Å²) >= 11 is 5.80. The van der Waals surface area contributed by atoms with E-state index in [1.807, 2.05) is 0 Å². The number of hydrogen-bond donors (Lipinski definition) is 2. The van der Waals surface area contributed by atoms with Gasteiger partial charge in [0.05, 0.1) is 10.7 Å². The van der Waals surface area contributed by atoms with Crippen LogP contribution in [-0.4, -0.2) is 18.2 Å². The summed E-state index contributed by atoms with van der Waals surface area (Å²) in [6, 6.07) is 1.68. The Morgan fingerprint density at radius 2 is 2.45 bits per heavy atom. The molecule has 0 bridgehead atoms. The second kappa shape index (κ2) is 3.34. The molecule has 0 saturated heterocycles. The summed E-state index contributed by atoms with van der Waals surface area (Å²) < 4.78 is 0. The van der Waals surface area contributed by atoms with Crippen LogP contribution in [0.4, 0.5) is 5.69 Å². The molecule has 1 aromatic rings. The van der Waals surface area contributed by atoms with Gasteiger partial charge in [0.15, 0.2) is 0 Å². The van der Waals surface area contributed by atoms with E-state index in [2.05, 4.69) is 10.3 Å². The van der Waals surface area contributed by atoms with E-state index < -0.39 is 0 Å². The minimum absolute atomic E-state index is 0.556. The number of rotatable bonds is 2. The second-order valence-corrected chi connectivity index (χ2v) is 2.35. The van der Waals surface area contributed by atoms with Crippen molar-refractivity contribution in [3.8, 4) is 0 Å². The van der Waals surface area contributed by atoms with E-state index in [1.54, 1.807) is 19.3 Å². The Balaban J connectivity index is 3.23. The summed E-state index contributed by atoms with van der Waals surface area (Å²) in [4.78, 5) is 3.94. The Kier molecular flexibility index (Phi) is 2.44. The Hall–Kier alpha value is -1.09. The largest absolute Gasteiger partial charge is 0.385 e. The fourth-order valence-corrected chi connectivity index (χ4v) is 1.06. The molecule has 3 nitrogen and oxygen atoms in total. The molecule has 58 valence electrons. The van der Waals surface area contributed by atoms with Gasteiger partial charge in [-0.05, 0) is 6.07 Å². The highest BCUT2D eigenvalue weighted by atomic mass is 35.5. The van der Waals surface area contributed by atoms with Crippen LogP contribution in [0.25, 0.3) is 0 Å². The SMILES string of the molecule is CNc1c(Cl)ccnc1C=N. The first-order valence-corrected chi connectivity index (χ1v) is 3.50. The van der Waals surface area contributed by atoms with E-state index in [-0.39, 0.29) is 0 Å². The van der Waals surface area contributed by atoms with Crippen LogP contribution < -0.4 is 5.32 Å². The summed E-state index contributed by atoms with van der Waals surface area (Å²) in [5.41, 5.74) is 1.25. The first kappa shape index (κ1) is 8.01. The molecule has 1 heterocycles. The lowest BCUT2D eigenvalue weighted by atomic mass is 10.3. The van der Waals surface area contributed by atoms with Gasteiger partial charge in [0.2, 0.25) is 0 Å². The lowest BCUT2D eigenvalue weighted by Crippen LogP contribution is -1.97. The molecule has 0 radical (unpaired) electrons. The Morgan fingerprint density at radius 1 is 1.73 bits per heavy atom. The predicted octanol–water partition coefficient (Wildman–Crippen LogP) is 1.77. The van der Waals surface area contributed by atoms with Crippen molar-refractivity contribution in [3.05, 3.63) is 23.0 Å². The normalized spacial score (nSPS) is 9.27. The molecule has 0 aromatic carbocycles. The maximum Gasteiger partial charge on any atom is 0.105 e. The standard InChI is InChI=1S/C7H8ClN3/c1-10-7-5(8)2-3-11-6(7)4-9/h2-4,9-10H,1H3. The molecule has 0 aliphatic rings. The van der Waals surface area contributed by atoms with E-state index in [0.717, 1.165) is 6.21 Å². The zero-order valence-electron chi connectivity index (χ0n) is 6.06. The van der Waals surface area contributed by atoms with Gasteiger partial charge in [-0.2, -0.15) is 0 Å². The maximum absolute atomic E-state index is 7.00. The van der Waals surface area contributed by atoms with Crippen LogP contribution in [0.3, 0.4) is 0 Å². The minimum atomic E-state index is 0.556. The van der Waals surface area contributed by atoms with E-state index in [1.165, 1.54) is 0 Å². The Labute approximate surface area is 69.9 Å². The van der Waals surface area contributed by atoms with Crippen LogP contribution in [0.5, 0.6) is 0 Å². The van der Waals surface area contributed by atoms with E-state index in [9.17, 15) is 0 Å². The van der Waals surface area contributed by atoms with Crippen LogP contribution in [0, 0.1) is 5.41 Å². The van der Waals surface area contributed by atoms with Gasteiger partial charge in [-0.3, -0.25) is 4.98 Å². The highest BCUT2D eigenvalue weighted by Gasteiger charge is 2.02. The number of pyridine rings is 1. The Bertz CT molecular complexity index is 272. The summed E-state index contributed by atoms with van der Waals surface area (Å²) in [6.07, 6.45) is 2.74. The predicted molar refractivity (Wildman–Crippen MR) is 46.7 cm³/mol. The van der Waals surface area contributed by atoms with Crippen LogP contribution in [-0.2, 0) is 0 Å². The molecule has 0 spiro atoms. The summed E-state index contributed by atoms with van der Waals surface area (Å²) in [5.74, 6) is 0. The third-order valence-electron chi connectivity index (χ3n) is 1.32. The smallest absolute Gasteiger partial charge is 0.105 e. The number of nitrogens with one attached hydrogen (secondary N) is 2. The number of halogens is 1. The third-order valence-corrected chi connectivity index (χ3v) is 1.63. The lowest BCUT2D eigenvalue weighted by Gasteiger charge is -2.04. The highest BCUT2D eigenvalue weighted by molar-refractivity contribution is 6.33. The van der Waals surface area contributed by atoms with Crippen LogP contribution in [0.15, 0.2) is 12.3 Å². The van der Waals surface area contributed by atoms with E-state index >= 15 is 0 Å². The summed E-state index contributed by atoms with van der Waals surface area (Å²) in [5, 5.41) is 10.5. The average molecular weight is 170 g/mol. The fraction of sp³-hybridized carbons (Fsp3) is 0.143. The molecule has 1 aromatic heterocycles. The third kappa shape index (κ3) is 1.49. The topological polar surface area (TPSA) is 48.8 Å². The van der Waals surface area contributed by atoms with Crippen molar-refractivity contribution in [3.63, 3.8) is 0 Å². The van der Waals surface area contributed by atoms with Crippen molar-refractivity contribution in [1.29, 1.82) is 5.41 Å². The summed E-state index contributed by atoms with van der Waals surface area (Å²) in [6.45, 7) is 0. The molecule has 0 fully saturated rings. The van der Waals surface area contributed by atoms with Crippen molar-refractivity contribution in [2.45, 2.75) is 0 Å². The molecule has 2 N–H and O–H groups in total. The molecule has 11 heavy (non-hydrogen) atoms. The monoisotopic (exact) mass is 169 g/mol. The zero-order valence-corrected chi connectivity index (χ0v) is 6.81. The van der Waals surface area contributed by atoms with Crippen molar-refractivity contribution >= 4 is 23.5 Å². The van der Waals surface area contributed by atoms with Gasteiger partial charge in [-0.1, -0.05) is 11.6 Å². The maximum atomic E-state index is 7.00. The number of hydrogen-bond acceptors (Lipinski definition) is 3. The number of nitrogens with zero attached hydrogens (tertiary/aromatic N) is 1. The Morgan fingerprint density at radius 3 is 2.91 bits per heavy atom. The zero-order chi connectivity index (χ0) is 8.27. The second-order valence-electron chi connectivity index (χ2n) is 1.95. The number of aromatic nitrogens is 1. The molecule has 1 rings (SSSR count). The van der Waals surface area contributed by atoms with Crippen molar-refractivity contribution in [1.82, 2.24) is 4.98 Å².